The molecule has 0 amide bonds. The molecule has 1 heterocycles. The van der Waals surface area contributed by atoms with E-state index in [1.165, 1.54) is 11.3 Å². The summed E-state index contributed by atoms with van der Waals surface area (Å²) in [5.41, 5.74) is 1.16. The summed E-state index contributed by atoms with van der Waals surface area (Å²) in [4.78, 5) is 1.31. The van der Waals surface area contributed by atoms with Crippen LogP contribution in [-0.4, -0.2) is 18.9 Å². The lowest BCUT2D eigenvalue weighted by Gasteiger charge is -2.25. The number of nitrogens with one attached hydrogen (secondary N) is 1. The minimum atomic E-state index is 0.689. The molecule has 0 aliphatic carbocycles. The van der Waals surface area contributed by atoms with Gasteiger partial charge in [-0.1, -0.05) is 13.0 Å². The van der Waals surface area contributed by atoms with Crippen LogP contribution in [0.3, 0.4) is 0 Å². The second-order valence-electron chi connectivity index (χ2n) is 3.36. The number of ether oxygens (including phenoxy) is 1. The number of thioether (sulfide) groups is 1. The molecule has 0 spiro atoms. The Morgan fingerprint density at radius 1 is 1.57 bits per heavy atom. The smallest absolute Gasteiger partial charge is 0.143 e. The van der Waals surface area contributed by atoms with Gasteiger partial charge in [-0.3, -0.25) is 0 Å². The van der Waals surface area contributed by atoms with Crippen LogP contribution in [0.2, 0.25) is 0 Å². The zero-order chi connectivity index (χ0) is 9.97. The average molecular weight is 209 g/mol. The van der Waals surface area contributed by atoms with E-state index < -0.39 is 0 Å². The van der Waals surface area contributed by atoms with Gasteiger partial charge in [0.15, 0.2) is 0 Å². The summed E-state index contributed by atoms with van der Waals surface area (Å²) in [6.45, 7) is 3.26. The normalized spacial score (nSPS) is 19.7. The molecule has 3 heteroatoms. The summed E-state index contributed by atoms with van der Waals surface area (Å²) in [6.07, 6.45) is 1.20. The molecular weight excluding hydrogens is 194 g/mol. The lowest BCUT2D eigenvalue weighted by Crippen LogP contribution is -2.20. The summed E-state index contributed by atoms with van der Waals surface area (Å²) in [6, 6.07) is 6.19. The third-order valence-electron chi connectivity index (χ3n) is 2.46. The van der Waals surface area contributed by atoms with Crippen molar-refractivity contribution in [3.63, 3.8) is 0 Å². The van der Waals surface area contributed by atoms with Crippen molar-refractivity contribution < 1.29 is 4.74 Å². The number of hydrogen-bond donors (Lipinski definition) is 1. The molecule has 1 N–H and O–H groups in total. The van der Waals surface area contributed by atoms with Crippen LogP contribution in [0.5, 0.6) is 5.75 Å². The fourth-order valence-corrected chi connectivity index (χ4v) is 2.76. The third kappa shape index (κ3) is 1.69. The first-order valence-electron chi connectivity index (χ1n) is 4.92. The van der Waals surface area contributed by atoms with Gasteiger partial charge in [0, 0.05) is 16.7 Å². The highest BCUT2D eigenvalue weighted by Gasteiger charge is 2.19. The molecule has 0 saturated heterocycles. The number of para-hydroxylation sites is 1. The van der Waals surface area contributed by atoms with Crippen molar-refractivity contribution in [2.75, 3.05) is 19.0 Å². The van der Waals surface area contributed by atoms with Crippen molar-refractivity contribution in [3.05, 3.63) is 18.2 Å². The second kappa shape index (κ2) is 4.13. The van der Waals surface area contributed by atoms with E-state index >= 15 is 0 Å². The van der Waals surface area contributed by atoms with E-state index in [0.29, 0.717) is 5.25 Å². The summed E-state index contributed by atoms with van der Waals surface area (Å²) in [7, 11) is 1.72. The number of methoxy groups -OCH3 is 1. The van der Waals surface area contributed by atoms with E-state index in [4.69, 9.17) is 4.74 Å². The molecule has 76 valence electrons. The van der Waals surface area contributed by atoms with Gasteiger partial charge in [-0.2, -0.15) is 0 Å². The van der Waals surface area contributed by atoms with Crippen molar-refractivity contribution in [1.29, 1.82) is 0 Å². The highest BCUT2D eigenvalue weighted by atomic mass is 32.2. The van der Waals surface area contributed by atoms with Gasteiger partial charge in [0.1, 0.15) is 5.75 Å². The van der Waals surface area contributed by atoms with E-state index in [1.807, 2.05) is 23.9 Å². The second-order valence-corrected chi connectivity index (χ2v) is 4.70. The van der Waals surface area contributed by atoms with Crippen molar-refractivity contribution in [2.45, 2.75) is 23.5 Å². The van der Waals surface area contributed by atoms with Crippen LogP contribution in [0.1, 0.15) is 13.3 Å². The lowest BCUT2D eigenvalue weighted by molar-refractivity contribution is 0.415. The van der Waals surface area contributed by atoms with Gasteiger partial charge in [-0.05, 0) is 18.6 Å². The maximum absolute atomic E-state index is 5.31. The zero-order valence-corrected chi connectivity index (χ0v) is 9.36. The van der Waals surface area contributed by atoms with Crippen molar-refractivity contribution >= 4 is 17.4 Å². The standard InChI is InChI=1S/C11H15NOS/c1-3-8-7-12-11-9(13-2)5-4-6-10(11)14-8/h4-6,8,12H,3,7H2,1-2H3. The van der Waals surface area contributed by atoms with Crippen LogP contribution >= 0.6 is 11.8 Å². The van der Waals surface area contributed by atoms with E-state index in [-0.39, 0.29) is 0 Å². The number of rotatable bonds is 2. The fraction of sp³-hybridized carbons (Fsp3) is 0.455. The summed E-state index contributed by atoms with van der Waals surface area (Å²) in [5, 5.41) is 4.13. The van der Waals surface area contributed by atoms with E-state index in [2.05, 4.69) is 18.3 Å². The summed E-state index contributed by atoms with van der Waals surface area (Å²) in [5.74, 6) is 0.949. The van der Waals surface area contributed by atoms with Crippen LogP contribution in [0.25, 0.3) is 0 Å². The quantitative estimate of drug-likeness (QED) is 0.809. The van der Waals surface area contributed by atoms with Gasteiger partial charge in [-0.25, -0.2) is 0 Å². The number of fused-ring (bicyclic) bond motifs is 1. The third-order valence-corrected chi connectivity index (χ3v) is 3.89. The molecule has 1 atom stereocenters. The van der Waals surface area contributed by atoms with E-state index in [1.54, 1.807) is 7.11 Å². The molecule has 1 unspecified atom stereocenters. The molecule has 0 saturated carbocycles. The van der Waals surface area contributed by atoms with Crippen LogP contribution in [0.15, 0.2) is 23.1 Å². The molecular formula is C11H15NOS. The average Bonchev–Trinajstić information content (AvgIpc) is 2.27. The molecule has 0 fully saturated rings. The number of anilines is 1. The summed E-state index contributed by atoms with van der Waals surface area (Å²) >= 11 is 1.94. The van der Waals surface area contributed by atoms with Gasteiger partial charge in [0.05, 0.1) is 12.8 Å². The van der Waals surface area contributed by atoms with Crippen LogP contribution in [-0.2, 0) is 0 Å². The monoisotopic (exact) mass is 209 g/mol. The van der Waals surface area contributed by atoms with Crippen LogP contribution < -0.4 is 10.1 Å². The number of benzene rings is 1. The summed E-state index contributed by atoms with van der Waals surface area (Å²) < 4.78 is 5.31. The largest absolute Gasteiger partial charge is 0.495 e. The number of hydrogen-bond acceptors (Lipinski definition) is 3. The molecule has 2 nitrogen and oxygen atoms in total. The first-order valence-corrected chi connectivity index (χ1v) is 5.80. The predicted molar refractivity (Wildman–Crippen MR) is 61.4 cm³/mol. The minimum Gasteiger partial charge on any atom is -0.495 e. The van der Waals surface area contributed by atoms with E-state index in [0.717, 1.165) is 18.0 Å². The molecule has 14 heavy (non-hydrogen) atoms. The Morgan fingerprint density at radius 3 is 3.14 bits per heavy atom. The van der Waals surface area contributed by atoms with Crippen molar-refractivity contribution in [1.82, 2.24) is 0 Å². The van der Waals surface area contributed by atoms with Gasteiger partial charge < -0.3 is 10.1 Å². The molecule has 1 aromatic carbocycles. The Labute approximate surface area is 89.0 Å². The molecule has 2 rings (SSSR count). The molecule has 0 radical (unpaired) electrons. The first kappa shape index (κ1) is 9.71. The Balaban J connectivity index is 2.30. The van der Waals surface area contributed by atoms with Gasteiger partial charge in [0.2, 0.25) is 0 Å². The molecule has 1 aliphatic heterocycles. The predicted octanol–water partition coefficient (Wildman–Crippen LogP) is 2.99. The highest BCUT2D eigenvalue weighted by molar-refractivity contribution is 8.00. The van der Waals surface area contributed by atoms with Crippen LogP contribution in [0, 0.1) is 0 Å². The maximum atomic E-state index is 5.31. The lowest BCUT2D eigenvalue weighted by atomic mass is 10.2. The Kier molecular flexibility index (Phi) is 2.87. The van der Waals surface area contributed by atoms with Crippen molar-refractivity contribution in [3.8, 4) is 5.75 Å². The highest BCUT2D eigenvalue weighted by Crippen LogP contribution is 2.41. The zero-order valence-electron chi connectivity index (χ0n) is 8.54. The SMILES string of the molecule is CCC1CNc2c(OC)cccc2S1. The van der Waals surface area contributed by atoms with Gasteiger partial charge >= 0.3 is 0 Å². The van der Waals surface area contributed by atoms with Crippen LogP contribution in [0.4, 0.5) is 5.69 Å². The Morgan fingerprint density at radius 2 is 2.43 bits per heavy atom. The molecule has 0 bridgehead atoms. The molecule has 1 aromatic rings. The molecule has 1 aliphatic rings. The Bertz CT molecular complexity index is 327. The fourth-order valence-electron chi connectivity index (χ4n) is 1.62. The van der Waals surface area contributed by atoms with E-state index in [9.17, 15) is 0 Å². The minimum absolute atomic E-state index is 0.689. The van der Waals surface area contributed by atoms with Gasteiger partial charge in [0.25, 0.3) is 0 Å². The van der Waals surface area contributed by atoms with Crippen molar-refractivity contribution in [2.24, 2.45) is 0 Å². The topological polar surface area (TPSA) is 21.3 Å². The maximum Gasteiger partial charge on any atom is 0.143 e. The van der Waals surface area contributed by atoms with Gasteiger partial charge in [-0.15, -0.1) is 11.8 Å². The Hall–Kier alpha value is -0.830. The first-order chi connectivity index (χ1) is 6.85. The molecule has 0 aromatic heterocycles.